The van der Waals surface area contributed by atoms with Gasteiger partial charge in [-0.25, -0.2) is 9.97 Å². The minimum atomic E-state index is 0.488. The summed E-state index contributed by atoms with van der Waals surface area (Å²) in [5.74, 6) is 1.35. The molecule has 0 unspecified atom stereocenters. The number of anilines is 1. The highest BCUT2D eigenvalue weighted by atomic mass is 15.3. The Hall–Kier alpha value is -1.98. The van der Waals surface area contributed by atoms with E-state index in [1.165, 1.54) is 5.56 Å². The second-order valence-electron chi connectivity index (χ2n) is 5.94. The quantitative estimate of drug-likeness (QED) is 0.932. The van der Waals surface area contributed by atoms with E-state index in [-0.39, 0.29) is 0 Å². The smallest absolute Gasteiger partial charge is 0.144 e. The third-order valence-electron chi connectivity index (χ3n) is 4.17. The fourth-order valence-corrected chi connectivity index (χ4v) is 2.96. The average Bonchev–Trinajstić information content (AvgIpc) is 2.51. The lowest BCUT2D eigenvalue weighted by molar-refractivity contribution is 0.0713. The van der Waals surface area contributed by atoms with Crippen LogP contribution in [-0.2, 0) is 13.1 Å². The van der Waals surface area contributed by atoms with Crippen LogP contribution in [0.25, 0.3) is 0 Å². The van der Waals surface area contributed by atoms with Crippen molar-refractivity contribution in [1.82, 2.24) is 19.8 Å². The van der Waals surface area contributed by atoms with Crippen LogP contribution in [0.4, 0.5) is 5.82 Å². The molecule has 3 rings (SSSR count). The van der Waals surface area contributed by atoms with Crippen LogP contribution in [0.5, 0.6) is 0 Å². The molecule has 0 bridgehead atoms. The Balaban J connectivity index is 1.56. The van der Waals surface area contributed by atoms with E-state index < -0.39 is 0 Å². The van der Waals surface area contributed by atoms with Crippen molar-refractivity contribution in [2.24, 2.45) is 0 Å². The van der Waals surface area contributed by atoms with Crippen molar-refractivity contribution in [1.29, 1.82) is 0 Å². The summed E-state index contributed by atoms with van der Waals surface area (Å²) in [5, 5.41) is 0. The number of hydrogen-bond acceptors (Lipinski definition) is 5. The highest BCUT2D eigenvalue weighted by molar-refractivity contribution is 5.25. The largest absolute Gasteiger partial charge is 0.384 e. The van der Waals surface area contributed by atoms with Crippen molar-refractivity contribution >= 4 is 5.82 Å². The molecule has 5 nitrogen and oxygen atoms in total. The van der Waals surface area contributed by atoms with Gasteiger partial charge in [-0.1, -0.05) is 30.3 Å². The number of hydrogen-bond donors (Lipinski definition) is 1. The third-order valence-corrected chi connectivity index (χ3v) is 4.17. The number of nitrogens with two attached hydrogens (primary N) is 1. The predicted molar refractivity (Wildman–Crippen MR) is 88.0 cm³/mol. The Labute approximate surface area is 131 Å². The molecule has 0 saturated carbocycles. The van der Waals surface area contributed by atoms with E-state index in [9.17, 15) is 0 Å². The van der Waals surface area contributed by atoms with Crippen LogP contribution in [0.3, 0.4) is 0 Å². The van der Waals surface area contributed by atoms with Crippen molar-refractivity contribution in [3.8, 4) is 0 Å². The molecular formula is C17H23N5. The molecule has 5 heteroatoms. The lowest BCUT2D eigenvalue weighted by Crippen LogP contribution is -2.51. The Kier molecular flexibility index (Phi) is 4.65. The zero-order valence-corrected chi connectivity index (χ0v) is 13.0. The van der Waals surface area contributed by atoms with E-state index in [1.54, 1.807) is 12.3 Å². The summed E-state index contributed by atoms with van der Waals surface area (Å²) >= 11 is 0. The Bertz CT molecular complexity index is 601. The zero-order chi connectivity index (χ0) is 15.4. The lowest BCUT2D eigenvalue weighted by atomic mass is 10.1. The van der Waals surface area contributed by atoms with Crippen molar-refractivity contribution in [3.05, 3.63) is 54.0 Å². The molecule has 0 spiro atoms. The second kappa shape index (κ2) is 6.85. The monoisotopic (exact) mass is 297 g/mol. The molecule has 1 atom stereocenters. The summed E-state index contributed by atoms with van der Waals surface area (Å²) in [6, 6.07) is 12.9. The first-order valence-electron chi connectivity index (χ1n) is 7.78. The minimum absolute atomic E-state index is 0.488. The van der Waals surface area contributed by atoms with Crippen molar-refractivity contribution < 1.29 is 0 Å². The number of aromatic nitrogens is 2. The Morgan fingerprint density at radius 3 is 2.68 bits per heavy atom. The first-order chi connectivity index (χ1) is 10.7. The molecule has 1 aromatic heterocycles. The van der Waals surface area contributed by atoms with Crippen LogP contribution < -0.4 is 5.73 Å². The van der Waals surface area contributed by atoms with Crippen LogP contribution >= 0.6 is 0 Å². The van der Waals surface area contributed by atoms with Crippen LogP contribution in [0.2, 0.25) is 0 Å². The van der Waals surface area contributed by atoms with Gasteiger partial charge < -0.3 is 5.73 Å². The lowest BCUT2D eigenvalue weighted by Gasteiger charge is -2.39. The highest BCUT2D eigenvalue weighted by Crippen LogP contribution is 2.15. The fourth-order valence-electron chi connectivity index (χ4n) is 2.96. The second-order valence-corrected chi connectivity index (χ2v) is 5.94. The predicted octanol–water partition coefficient (Wildman–Crippen LogP) is 1.77. The van der Waals surface area contributed by atoms with Crippen LogP contribution in [0.15, 0.2) is 42.6 Å². The first kappa shape index (κ1) is 14.9. The molecule has 1 fully saturated rings. The zero-order valence-electron chi connectivity index (χ0n) is 13.0. The molecule has 0 amide bonds. The van der Waals surface area contributed by atoms with E-state index in [0.29, 0.717) is 11.9 Å². The van der Waals surface area contributed by atoms with Gasteiger partial charge in [-0.3, -0.25) is 9.80 Å². The first-order valence-corrected chi connectivity index (χ1v) is 7.78. The number of benzene rings is 1. The normalized spacial score (nSPS) is 20.1. The van der Waals surface area contributed by atoms with Gasteiger partial charge in [0.2, 0.25) is 0 Å². The number of rotatable bonds is 4. The van der Waals surface area contributed by atoms with Gasteiger partial charge in [0.1, 0.15) is 11.6 Å². The number of piperazine rings is 1. The Morgan fingerprint density at radius 1 is 1.14 bits per heavy atom. The van der Waals surface area contributed by atoms with Gasteiger partial charge in [-0.2, -0.15) is 0 Å². The van der Waals surface area contributed by atoms with Gasteiger partial charge >= 0.3 is 0 Å². The standard InChI is InChI=1S/C17H23N5/c1-14-11-21(12-15-5-3-2-4-6-15)9-10-22(14)13-17-19-8-7-16(18)20-17/h2-8,14H,9-13H2,1H3,(H2,18,19,20)/t14-/m1/s1. The summed E-state index contributed by atoms with van der Waals surface area (Å²) in [7, 11) is 0. The third kappa shape index (κ3) is 3.81. The van der Waals surface area contributed by atoms with Gasteiger partial charge in [0.25, 0.3) is 0 Å². The van der Waals surface area contributed by atoms with E-state index in [1.807, 2.05) is 0 Å². The summed E-state index contributed by atoms with van der Waals surface area (Å²) in [6.45, 7) is 7.23. The highest BCUT2D eigenvalue weighted by Gasteiger charge is 2.24. The molecule has 0 aliphatic carbocycles. The van der Waals surface area contributed by atoms with Gasteiger partial charge in [0.15, 0.2) is 0 Å². The maximum Gasteiger partial charge on any atom is 0.144 e. The summed E-state index contributed by atoms with van der Waals surface area (Å²) in [6.07, 6.45) is 1.73. The number of nitrogens with zero attached hydrogens (tertiary/aromatic N) is 4. The molecule has 116 valence electrons. The SMILES string of the molecule is C[C@@H]1CN(Cc2ccccc2)CCN1Cc1nccc(N)n1. The topological polar surface area (TPSA) is 58.3 Å². The van der Waals surface area contributed by atoms with Crippen molar-refractivity contribution in [2.45, 2.75) is 26.1 Å². The van der Waals surface area contributed by atoms with Crippen LogP contribution in [0, 0.1) is 0 Å². The van der Waals surface area contributed by atoms with Gasteiger partial charge in [-0.05, 0) is 18.6 Å². The maximum atomic E-state index is 5.73. The molecule has 2 heterocycles. The molecule has 0 radical (unpaired) electrons. The molecule has 2 aromatic rings. The molecule has 1 saturated heterocycles. The van der Waals surface area contributed by atoms with Gasteiger partial charge in [-0.15, -0.1) is 0 Å². The van der Waals surface area contributed by atoms with Gasteiger partial charge in [0.05, 0.1) is 6.54 Å². The molecule has 1 aromatic carbocycles. The molecule has 1 aliphatic heterocycles. The maximum absolute atomic E-state index is 5.73. The van der Waals surface area contributed by atoms with Crippen LogP contribution in [0.1, 0.15) is 18.3 Å². The molecular weight excluding hydrogens is 274 g/mol. The van der Waals surface area contributed by atoms with Gasteiger partial charge in [0, 0.05) is 38.4 Å². The van der Waals surface area contributed by atoms with E-state index >= 15 is 0 Å². The summed E-state index contributed by atoms with van der Waals surface area (Å²) in [4.78, 5) is 13.5. The van der Waals surface area contributed by atoms with E-state index in [2.05, 4.69) is 57.0 Å². The Morgan fingerprint density at radius 2 is 1.95 bits per heavy atom. The van der Waals surface area contributed by atoms with E-state index in [4.69, 9.17) is 5.73 Å². The minimum Gasteiger partial charge on any atom is -0.384 e. The average molecular weight is 297 g/mol. The van der Waals surface area contributed by atoms with Crippen LogP contribution in [-0.4, -0.2) is 45.4 Å². The molecule has 2 N–H and O–H groups in total. The molecule has 1 aliphatic rings. The van der Waals surface area contributed by atoms with E-state index in [0.717, 1.165) is 38.5 Å². The fraction of sp³-hybridized carbons (Fsp3) is 0.412. The summed E-state index contributed by atoms with van der Waals surface area (Å²) < 4.78 is 0. The molecule has 22 heavy (non-hydrogen) atoms. The number of nitrogen functional groups attached to an aromatic ring is 1. The summed E-state index contributed by atoms with van der Waals surface area (Å²) in [5.41, 5.74) is 7.11. The van der Waals surface area contributed by atoms with Crippen molar-refractivity contribution in [3.63, 3.8) is 0 Å². The van der Waals surface area contributed by atoms with Crippen molar-refractivity contribution in [2.75, 3.05) is 25.4 Å².